The van der Waals surface area contributed by atoms with E-state index >= 15 is 0 Å². The van der Waals surface area contributed by atoms with Gasteiger partial charge in [0, 0.05) is 11.1 Å². The van der Waals surface area contributed by atoms with Crippen molar-refractivity contribution in [1.29, 1.82) is 0 Å². The van der Waals surface area contributed by atoms with E-state index in [1.54, 1.807) is 13.2 Å². The molecule has 1 nitrogen and oxygen atoms in total. The summed E-state index contributed by atoms with van der Waals surface area (Å²) in [7, 11) is 1.62. The second-order valence-electron chi connectivity index (χ2n) is 3.46. The molecule has 0 fully saturated rings. The number of hydrogen-bond donors (Lipinski definition) is 0. The van der Waals surface area contributed by atoms with Crippen LogP contribution in [0.4, 0.5) is 0 Å². The highest BCUT2D eigenvalue weighted by Crippen LogP contribution is 2.20. The predicted molar refractivity (Wildman–Crippen MR) is 70.4 cm³/mol. The molecule has 0 aromatic heterocycles. The first-order chi connectivity index (χ1) is 8.29. The predicted octanol–water partition coefficient (Wildman–Crippen LogP) is 3.75. The third-order valence-corrected chi connectivity index (χ3v) is 2.62. The van der Waals surface area contributed by atoms with Gasteiger partial charge >= 0.3 is 0 Å². The molecule has 0 aliphatic heterocycles. The highest BCUT2D eigenvalue weighted by Gasteiger charge is 1.98. The highest BCUT2D eigenvalue weighted by atomic mass is 35.5. The van der Waals surface area contributed by atoms with Gasteiger partial charge in [0.25, 0.3) is 0 Å². The molecule has 2 aromatic carbocycles. The first-order valence-corrected chi connectivity index (χ1v) is 5.58. The van der Waals surface area contributed by atoms with Crippen LogP contribution in [-0.4, -0.2) is 7.11 Å². The topological polar surface area (TPSA) is 9.23 Å². The standard InChI is InChI=1S/C15H11ClO/c1-17-14-9-10-15(16)13(11-14)8-7-12-5-3-2-4-6-12/h2-6,9-11H,1H3. The molecule has 84 valence electrons. The van der Waals surface area contributed by atoms with Crippen LogP contribution in [0, 0.1) is 11.8 Å². The van der Waals surface area contributed by atoms with Gasteiger partial charge in [-0.1, -0.05) is 41.6 Å². The molecule has 0 atom stereocenters. The first-order valence-electron chi connectivity index (χ1n) is 5.20. The van der Waals surface area contributed by atoms with Crippen LogP contribution >= 0.6 is 11.6 Å². The molecular formula is C15H11ClO. The maximum atomic E-state index is 6.06. The smallest absolute Gasteiger partial charge is 0.120 e. The fraction of sp³-hybridized carbons (Fsp3) is 0.0667. The van der Waals surface area contributed by atoms with E-state index in [1.807, 2.05) is 42.5 Å². The summed E-state index contributed by atoms with van der Waals surface area (Å²) in [6, 6.07) is 15.2. The summed E-state index contributed by atoms with van der Waals surface area (Å²) in [6.45, 7) is 0. The minimum absolute atomic E-state index is 0.634. The first kappa shape index (κ1) is 11.6. The molecule has 0 saturated heterocycles. The Hall–Kier alpha value is -1.91. The lowest BCUT2D eigenvalue weighted by atomic mass is 10.2. The van der Waals surface area contributed by atoms with Crippen molar-refractivity contribution < 1.29 is 4.74 Å². The maximum Gasteiger partial charge on any atom is 0.120 e. The van der Waals surface area contributed by atoms with Crippen molar-refractivity contribution in [1.82, 2.24) is 0 Å². The van der Waals surface area contributed by atoms with Crippen LogP contribution < -0.4 is 4.74 Å². The molecule has 2 aromatic rings. The molecule has 0 aliphatic carbocycles. The van der Waals surface area contributed by atoms with E-state index in [-0.39, 0.29) is 0 Å². The summed E-state index contributed by atoms with van der Waals surface area (Å²) in [4.78, 5) is 0. The molecule has 0 aliphatic rings. The van der Waals surface area contributed by atoms with E-state index < -0.39 is 0 Å². The van der Waals surface area contributed by atoms with Crippen LogP contribution in [0.5, 0.6) is 5.75 Å². The summed E-state index contributed by atoms with van der Waals surface area (Å²) in [5.74, 6) is 6.86. The van der Waals surface area contributed by atoms with Crippen molar-refractivity contribution in [2.24, 2.45) is 0 Å². The normalized spacial score (nSPS) is 9.29. The van der Waals surface area contributed by atoms with Crippen molar-refractivity contribution in [3.8, 4) is 17.6 Å². The average molecular weight is 243 g/mol. The minimum atomic E-state index is 0.634. The van der Waals surface area contributed by atoms with Gasteiger partial charge in [-0.15, -0.1) is 0 Å². The van der Waals surface area contributed by atoms with E-state index in [0.29, 0.717) is 5.02 Å². The van der Waals surface area contributed by atoms with E-state index in [0.717, 1.165) is 16.9 Å². The Bertz CT molecular complexity index is 564. The largest absolute Gasteiger partial charge is 0.497 e. The SMILES string of the molecule is COc1ccc(Cl)c(C#Cc2ccccc2)c1. The molecule has 0 bridgehead atoms. The maximum absolute atomic E-state index is 6.06. The molecule has 0 N–H and O–H groups in total. The van der Waals surface area contributed by atoms with Crippen LogP contribution in [0.3, 0.4) is 0 Å². The highest BCUT2D eigenvalue weighted by molar-refractivity contribution is 6.31. The van der Waals surface area contributed by atoms with Gasteiger partial charge < -0.3 is 4.74 Å². The van der Waals surface area contributed by atoms with E-state index in [4.69, 9.17) is 16.3 Å². The fourth-order valence-electron chi connectivity index (χ4n) is 1.39. The molecule has 0 heterocycles. The lowest BCUT2D eigenvalue weighted by Gasteiger charge is -2.01. The van der Waals surface area contributed by atoms with Crippen molar-refractivity contribution in [3.63, 3.8) is 0 Å². The van der Waals surface area contributed by atoms with Crippen molar-refractivity contribution in [2.75, 3.05) is 7.11 Å². The zero-order valence-corrected chi connectivity index (χ0v) is 10.2. The second-order valence-corrected chi connectivity index (χ2v) is 3.87. The van der Waals surface area contributed by atoms with Gasteiger partial charge in [-0.05, 0) is 30.3 Å². The molecule has 2 heteroatoms. The van der Waals surface area contributed by atoms with Crippen LogP contribution in [0.1, 0.15) is 11.1 Å². The second kappa shape index (κ2) is 5.43. The Morgan fingerprint density at radius 1 is 1.00 bits per heavy atom. The fourth-order valence-corrected chi connectivity index (χ4v) is 1.55. The lowest BCUT2D eigenvalue weighted by Crippen LogP contribution is -1.84. The third-order valence-electron chi connectivity index (χ3n) is 2.29. The Morgan fingerprint density at radius 3 is 2.47 bits per heavy atom. The number of ether oxygens (including phenoxy) is 1. The number of rotatable bonds is 1. The average Bonchev–Trinajstić information content (AvgIpc) is 2.39. The van der Waals surface area contributed by atoms with Crippen LogP contribution in [0.15, 0.2) is 48.5 Å². The van der Waals surface area contributed by atoms with Crippen LogP contribution in [0.25, 0.3) is 0 Å². The van der Waals surface area contributed by atoms with E-state index in [9.17, 15) is 0 Å². The van der Waals surface area contributed by atoms with E-state index in [2.05, 4.69) is 11.8 Å². The Labute approximate surface area is 106 Å². The van der Waals surface area contributed by atoms with Crippen molar-refractivity contribution in [3.05, 3.63) is 64.7 Å². The summed E-state index contributed by atoms with van der Waals surface area (Å²) in [6.07, 6.45) is 0. The number of benzene rings is 2. The molecule has 0 spiro atoms. The third kappa shape index (κ3) is 3.03. The zero-order valence-electron chi connectivity index (χ0n) is 9.41. The molecular weight excluding hydrogens is 232 g/mol. The van der Waals surface area contributed by atoms with Gasteiger partial charge in [0.05, 0.1) is 12.1 Å². The van der Waals surface area contributed by atoms with Gasteiger partial charge in [0.2, 0.25) is 0 Å². The van der Waals surface area contributed by atoms with Gasteiger partial charge in [0.15, 0.2) is 0 Å². The summed E-state index contributed by atoms with van der Waals surface area (Å²) < 4.78 is 5.14. The van der Waals surface area contributed by atoms with Crippen molar-refractivity contribution in [2.45, 2.75) is 0 Å². The van der Waals surface area contributed by atoms with Crippen LogP contribution in [0.2, 0.25) is 5.02 Å². The van der Waals surface area contributed by atoms with Gasteiger partial charge in [-0.25, -0.2) is 0 Å². The summed E-state index contributed by atoms with van der Waals surface area (Å²) >= 11 is 6.06. The Kier molecular flexibility index (Phi) is 3.69. The molecule has 17 heavy (non-hydrogen) atoms. The lowest BCUT2D eigenvalue weighted by molar-refractivity contribution is 0.414. The molecule has 0 unspecified atom stereocenters. The Morgan fingerprint density at radius 2 is 1.76 bits per heavy atom. The van der Waals surface area contributed by atoms with Gasteiger partial charge in [-0.2, -0.15) is 0 Å². The molecule has 2 rings (SSSR count). The molecule has 0 saturated carbocycles. The number of hydrogen-bond acceptors (Lipinski definition) is 1. The monoisotopic (exact) mass is 242 g/mol. The van der Waals surface area contributed by atoms with Gasteiger partial charge in [0.1, 0.15) is 5.75 Å². The summed E-state index contributed by atoms with van der Waals surface area (Å²) in [5.41, 5.74) is 1.74. The number of halogens is 1. The zero-order chi connectivity index (χ0) is 12.1. The van der Waals surface area contributed by atoms with Crippen LogP contribution in [-0.2, 0) is 0 Å². The summed E-state index contributed by atoms with van der Waals surface area (Å²) in [5, 5.41) is 0.634. The quantitative estimate of drug-likeness (QED) is 0.692. The minimum Gasteiger partial charge on any atom is -0.497 e. The Balaban J connectivity index is 2.33. The molecule has 0 amide bonds. The number of methoxy groups -OCH3 is 1. The van der Waals surface area contributed by atoms with Crippen molar-refractivity contribution >= 4 is 11.6 Å². The van der Waals surface area contributed by atoms with Gasteiger partial charge in [-0.3, -0.25) is 0 Å². The molecule has 0 radical (unpaired) electrons. The van der Waals surface area contributed by atoms with E-state index in [1.165, 1.54) is 0 Å².